The molecule has 0 N–H and O–H groups in total. The van der Waals surface area contributed by atoms with Crippen molar-refractivity contribution >= 4 is 44.8 Å². The van der Waals surface area contributed by atoms with Crippen LogP contribution in [-0.4, -0.2) is 7.85 Å². The number of hydrogen-bond acceptors (Lipinski definition) is 1. The van der Waals surface area contributed by atoms with Gasteiger partial charge in [-0.05, 0) is 79.2 Å². The van der Waals surface area contributed by atoms with Crippen LogP contribution in [0.2, 0.25) is 0 Å². The normalized spacial score (nSPS) is 13.9. The molecule has 6 aromatic carbocycles. The molecule has 180 valence electrons. The molecule has 39 heavy (non-hydrogen) atoms. The summed E-state index contributed by atoms with van der Waals surface area (Å²) in [5.74, 6) is 0. The van der Waals surface area contributed by atoms with Gasteiger partial charge >= 0.3 is 0 Å². The molecule has 0 saturated carbocycles. The Bertz CT molecular complexity index is 2080. The van der Waals surface area contributed by atoms with Crippen molar-refractivity contribution in [3.63, 3.8) is 0 Å². The quantitative estimate of drug-likeness (QED) is 0.195. The highest BCUT2D eigenvalue weighted by atomic mass is 32.1. The predicted molar refractivity (Wildman–Crippen MR) is 169 cm³/mol. The number of benzene rings is 6. The van der Waals surface area contributed by atoms with Gasteiger partial charge in [-0.1, -0.05) is 115 Å². The molecule has 2 aliphatic carbocycles. The Hall–Kier alpha value is -4.40. The fourth-order valence-electron chi connectivity index (χ4n) is 7.35. The molecule has 1 spiro atoms. The molecule has 2 aliphatic rings. The average Bonchev–Trinajstić information content (AvgIpc) is 3.60. The lowest BCUT2D eigenvalue weighted by Gasteiger charge is -2.30. The number of rotatable bonds is 1. The van der Waals surface area contributed by atoms with Crippen LogP contribution in [0.3, 0.4) is 0 Å². The highest BCUT2D eigenvalue weighted by Crippen LogP contribution is 2.63. The maximum Gasteiger partial charge on any atom is 0.139 e. The molecule has 1 heterocycles. The lowest BCUT2D eigenvalue weighted by molar-refractivity contribution is 0.794. The van der Waals surface area contributed by atoms with Gasteiger partial charge in [0, 0.05) is 14.8 Å². The van der Waals surface area contributed by atoms with Crippen molar-refractivity contribution in [3.05, 3.63) is 150 Å². The van der Waals surface area contributed by atoms with E-state index in [0.717, 1.165) is 0 Å². The Balaban J connectivity index is 1.33. The van der Waals surface area contributed by atoms with Crippen molar-refractivity contribution in [2.45, 2.75) is 5.41 Å². The van der Waals surface area contributed by atoms with Gasteiger partial charge in [-0.25, -0.2) is 0 Å². The van der Waals surface area contributed by atoms with Gasteiger partial charge in [0.05, 0.1) is 5.41 Å². The standard InChI is InChI=1S/C37H23BS/c38-24-15-18-35-30(21-24)29-17-14-23(20-36(29)39-35)22-13-16-28-27-9-3-6-12-33(27)37(34(28)19-22)31-10-4-1-7-25(31)26-8-2-5-11-32(26)37/h1-21H,38H2. The van der Waals surface area contributed by atoms with Gasteiger partial charge in [0.25, 0.3) is 0 Å². The Labute approximate surface area is 232 Å². The summed E-state index contributed by atoms with van der Waals surface area (Å²) in [7, 11) is 2.18. The second-order valence-corrected chi connectivity index (χ2v) is 12.0. The highest BCUT2D eigenvalue weighted by molar-refractivity contribution is 7.25. The Kier molecular flexibility index (Phi) is 4.19. The summed E-state index contributed by atoms with van der Waals surface area (Å²) >= 11 is 1.89. The lowest BCUT2D eigenvalue weighted by atomic mass is 9.70. The smallest absolute Gasteiger partial charge is 0.135 e. The van der Waals surface area contributed by atoms with Gasteiger partial charge in [0.1, 0.15) is 7.85 Å². The SMILES string of the molecule is Bc1ccc2sc3cc(-c4ccc5c(c4)C4(c6ccccc6-c6ccccc64)c4ccccc4-5)ccc3c2c1. The third-order valence-electron chi connectivity index (χ3n) is 8.96. The van der Waals surface area contributed by atoms with Crippen LogP contribution in [0.4, 0.5) is 0 Å². The summed E-state index contributed by atoms with van der Waals surface area (Å²) in [6, 6.07) is 48.1. The first-order chi connectivity index (χ1) is 19.2. The zero-order chi connectivity index (χ0) is 25.7. The molecule has 0 bridgehead atoms. The molecule has 7 aromatic rings. The third-order valence-corrected chi connectivity index (χ3v) is 10.1. The fraction of sp³-hybridized carbons (Fsp3) is 0.0270. The van der Waals surface area contributed by atoms with Crippen molar-refractivity contribution < 1.29 is 0 Å². The van der Waals surface area contributed by atoms with Gasteiger partial charge in [-0.3, -0.25) is 0 Å². The van der Waals surface area contributed by atoms with Gasteiger partial charge in [0.15, 0.2) is 0 Å². The maximum atomic E-state index is 2.48. The van der Waals surface area contributed by atoms with Gasteiger partial charge in [0.2, 0.25) is 0 Å². The van der Waals surface area contributed by atoms with E-state index in [9.17, 15) is 0 Å². The van der Waals surface area contributed by atoms with Crippen LogP contribution in [0.15, 0.2) is 127 Å². The van der Waals surface area contributed by atoms with Crippen LogP contribution < -0.4 is 5.46 Å². The molecule has 0 saturated heterocycles. The third kappa shape index (κ3) is 2.69. The first-order valence-electron chi connectivity index (χ1n) is 13.6. The summed E-state index contributed by atoms with van der Waals surface area (Å²) in [5.41, 5.74) is 14.5. The van der Waals surface area contributed by atoms with E-state index < -0.39 is 0 Å². The second kappa shape index (κ2) is 7.59. The summed E-state index contributed by atoms with van der Waals surface area (Å²) in [5, 5.41) is 2.72. The molecule has 0 radical (unpaired) electrons. The van der Waals surface area contributed by atoms with E-state index in [4.69, 9.17) is 0 Å². The minimum atomic E-state index is -0.297. The first-order valence-corrected chi connectivity index (χ1v) is 14.4. The average molecular weight is 510 g/mol. The number of hydrogen-bond donors (Lipinski definition) is 0. The Morgan fingerprint density at radius 3 is 1.67 bits per heavy atom. The Morgan fingerprint density at radius 1 is 0.436 bits per heavy atom. The maximum absolute atomic E-state index is 2.48. The summed E-state index contributed by atoms with van der Waals surface area (Å²) in [6.07, 6.45) is 0. The highest BCUT2D eigenvalue weighted by Gasteiger charge is 2.51. The van der Waals surface area contributed by atoms with E-state index in [0.29, 0.717) is 0 Å². The largest absolute Gasteiger partial charge is 0.139 e. The fourth-order valence-corrected chi connectivity index (χ4v) is 8.47. The van der Waals surface area contributed by atoms with E-state index in [1.807, 2.05) is 11.3 Å². The van der Waals surface area contributed by atoms with Crippen molar-refractivity contribution in [2.24, 2.45) is 0 Å². The van der Waals surface area contributed by atoms with Crippen LogP contribution in [0.1, 0.15) is 22.3 Å². The minimum Gasteiger partial charge on any atom is -0.135 e. The summed E-state index contributed by atoms with van der Waals surface area (Å²) < 4.78 is 2.71. The van der Waals surface area contributed by atoms with Crippen LogP contribution in [0.5, 0.6) is 0 Å². The lowest BCUT2D eigenvalue weighted by Crippen LogP contribution is -2.25. The van der Waals surface area contributed by atoms with Crippen molar-refractivity contribution in [1.29, 1.82) is 0 Å². The molecule has 0 aliphatic heterocycles. The van der Waals surface area contributed by atoms with Crippen LogP contribution >= 0.6 is 11.3 Å². The van der Waals surface area contributed by atoms with Gasteiger partial charge < -0.3 is 0 Å². The Morgan fingerprint density at radius 2 is 1.00 bits per heavy atom. The zero-order valence-corrected chi connectivity index (χ0v) is 22.3. The number of thiophene rings is 1. The monoisotopic (exact) mass is 510 g/mol. The molecule has 0 fully saturated rings. The summed E-state index contributed by atoms with van der Waals surface area (Å²) in [4.78, 5) is 0. The van der Waals surface area contributed by atoms with Crippen molar-refractivity contribution in [1.82, 2.24) is 0 Å². The topological polar surface area (TPSA) is 0 Å². The van der Waals surface area contributed by atoms with Crippen LogP contribution in [-0.2, 0) is 5.41 Å². The predicted octanol–water partition coefficient (Wildman–Crippen LogP) is 8.32. The van der Waals surface area contributed by atoms with E-state index in [1.54, 1.807) is 0 Å². The molecule has 9 rings (SSSR count). The molecule has 2 heteroatoms. The van der Waals surface area contributed by atoms with E-state index >= 15 is 0 Å². The first kappa shape index (κ1) is 21.5. The van der Waals surface area contributed by atoms with Crippen molar-refractivity contribution in [3.8, 4) is 33.4 Å². The molecule has 0 amide bonds. The summed E-state index contributed by atoms with van der Waals surface area (Å²) in [6.45, 7) is 0. The van der Waals surface area contributed by atoms with Gasteiger partial charge in [-0.2, -0.15) is 0 Å². The van der Waals surface area contributed by atoms with Crippen LogP contribution in [0.25, 0.3) is 53.6 Å². The van der Waals surface area contributed by atoms with Crippen molar-refractivity contribution in [2.75, 3.05) is 0 Å². The van der Waals surface area contributed by atoms with Crippen LogP contribution in [0, 0.1) is 0 Å². The molecule has 0 unspecified atom stereocenters. The molecule has 1 aromatic heterocycles. The molecular weight excluding hydrogens is 487 g/mol. The van der Waals surface area contributed by atoms with E-state index in [2.05, 4.69) is 135 Å². The molecule has 0 atom stereocenters. The molecular formula is C37H23BS. The number of fused-ring (bicyclic) bond motifs is 13. The second-order valence-electron chi connectivity index (χ2n) is 11.0. The van der Waals surface area contributed by atoms with E-state index in [-0.39, 0.29) is 5.41 Å². The zero-order valence-electron chi connectivity index (χ0n) is 21.5. The molecule has 0 nitrogen and oxygen atoms in total. The van der Waals surface area contributed by atoms with E-state index in [1.165, 1.54) is 81.3 Å². The minimum absolute atomic E-state index is 0.297. The van der Waals surface area contributed by atoms with Gasteiger partial charge in [-0.15, -0.1) is 11.3 Å².